The van der Waals surface area contributed by atoms with Gasteiger partial charge in [-0.15, -0.1) is 0 Å². The second-order valence-corrected chi connectivity index (χ2v) is 15.5. The highest BCUT2D eigenvalue weighted by Gasteiger charge is 2.22. The van der Waals surface area contributed by atoms with Gasteiger partial charge in [0.2, 0.25) is 0 Å². The first kappa shape index (κ1) is 32.9. The molecule has 0 spiro atoms. The van der Waals surface area contributed by atoms with Crippen molar-refractivity contribution in [2.75, 3.05) is 0 Å². The molecule has 278 valence electrons. The van der Waals surface area contributed by atoms with E-state index in [0.29, 0.717) is 17.5 Å². The first-order chi connectivity index (χ1) is 29.7. The molecule has 0 atom stereocenters. The molecule has 60 heavy (non-hydrogen) atoms. The number of furan rings is 2. The molecule has 0 saturated carbocycles. The molecule has 0 amide bonds. The second kappa shape index (κ2) is 12.7. The predicted molar refractivity (Wildman–Crippen MR) is 246 cm³/mol. The molecular formula is C55H31N3O2. The van der Waals surface area contributed by atoms with Crippen molar-refractivity contribution in [3.05, 3.63) is 188 Å². The van der Waals surface area contributed by atoms with Crippen LogP contribution in [0.5, 0.6) is 0 Å². The van der Waals surface area contributed by atoms with Crippen LogP contribution in [0.3, 0.4) is 0 Å². The molecule has 0 fully saturated rings. The number of rotatable bonds is 4. The van der Waals surface area contributed by atoms with Gasteiger partial charge in [0.05, 0.1) is 0 Å². The van der Waals surface area contributed by atoms with Crippen LogP contribution in [-0.4, -0.2) is 15.0 Å². The zero-order chi connectivity index (χ0) is 39.3. The summed E-state index contributed by atoms with van der Waals surface area (Å²) in [5.74, 6) is 1.73. The number of hydrogen-bond acceptors (Lipinski definition) is 5. The van der Waals surface area contributed by atoms with Crippen LogP contribution in [0, 0.1) is 0 Å². The third kappa shape index (κ3) is 4.90. The second-order valence-electron chi connectivity index (χ2n) is 15.5. The van der Waals surface area contributed by atoms with Crippen LogP contribution < -0.4 is 0 Å². The average molecular weight is 766 g/mol. The van der Waals surface area contributed by atoms with Crippen molar-refractivity contribution in [3.8, 4) is 45.3 Å². The summed E-state index contributed by atoms with van der Waals surface area (Å²) in [6.07, 6.45) is 0. The van der Waals surface area contributed by atoms with Gasteiger partial charge in [0.25, 0.3) is 0 Å². The van der Waals surface area contributed by atoms with Gasteiger partial charge in [-0.1, -0.05) is 158 Å². The van der Waals surface area contributed by atoms with E-state index < -0.39 is 0 Å². The highest BCUT2D eigenvalue weighted by Crippen LogP contribution is 2.43. The van der Waals surface area contributed by atoms with Crippen LogP contribution in [0.1, 0.15) is 0 Å². The van der Waals surface area contributed by atoms with Gasteiger partial charge in [0.1, 0.15) is 22.3 Å². The molecule has 0 radical (unpaired) electrons. The predicted octanol–water partition coefficient (Wildman–Crippen LogP) is 15.0. The maximum atomic E-state index is 6.86. The molecule has 13 rings (SSSR count). The standard InChI is InChI=1S/C55H31N3O2/c1-2-13-33-30-35(27-26-32(33)12-1)53-56-54(44-21-10-24-48-50(44)42-18-7-8-23-47(42)59-48)58-55(57-53)45-22-11-25-49-51(45)43-20-9-19-36(52(43)60-49)34-28-29-41-39-16-4-3-14-37(39)38-15-5-6-17-40(38)46(41)31-34/h1-31H. The molecule has 0 aliphatic heterocycles. The largest absolute Gasteiger partial charge is 0.456 e. The number of hydrogen-bond donors (Lipinski definition) is 0. The fourth-order valence-electron chi connectivity index (χ4n) is 9.37. The number of nitrogens with zero attached hydrogens (tertiary/aromatic N) is 3. The van der Waals surface area contributed by atoms with Crippen molar-refractivity contribution in [2.24, 2.45) is 0 Å². The Bertz CT molecular complexity index is 3880. The molecule has 0 unspecified atom stereocenters. The molecule has 0 saturated heterocycles. The van der Waals surface area contributed by atoms with Crippen LogP contribution in [-0.2, 0) is 0 Å². The minimum atomic E-state index is 0.565. The fourth-order valence-corrected chi connectivity index (χ4v) is 9.37. The summed E-state index contributed by atoms with van der Waals surface area (Å²) in [4.78, 5) is 15.8. The molecule has 5 nitrogen and oxygen atoms in total. The molecular weight excluding hydrogens is 735 g/mol. The first-order valence-corrected chi connectivity index (χ1v) is 20.2. The number of aromatic nitrogens is 3. The van der Waals surface area contributed by atoms with E-state index in [2.05, 4.69) is 146 Å². The molecule has 3 heterocycles. The lowest BCUT2D eigenvalue weighted by Gasteiger charge is -2.12. The van der Waals surface area contributed by atoms with Crippen molar-refractivity contribution in [2.45, 2.75) is 0 Å². The van der Waals surface area contributed by atoms with Crippen LogP contribution in [0.4, 0.5) is 0 Å². The summed E-state index contributed by atoms with van der Waals surface area (Å²) >= 11 is 0. The Morgan fingerprint density at radius 1 is 0.283 bits per heavy atom. The zero-order valence-electron chi connectivity index (χ0n) is 32.1. The van der Waals surface area contributed by atoms with Crippen LogP contribution in [0.25, 0.3) is 132 Å². The Morgan fingerprint density at radius 3 is 1.52 bits per heavy atom. The summed E-state index contributed by atoms with van der Waals surface area (Å²) in [6, 6.07) is 65.7. The lowest BCUT2D eigenvalue weighted by Crippen LogP contribution is -2.00. The molecule has 10 aromatic carbocycles. The lowest BCUT2D eigenvalue weighted by molar-refractivity contribution is 0.669. The van der Waals surface area contributed by atoms with E-state index in [1.807, 2.05) is 42.5 Å². The summed E-state index contributed by atoms with van der Waals surface area (Å²) in [6.45, 7) is 0. The Kier molecular flexibility index (Phi) is 6.95. The Balaban J connectivity index is 1.04. The molecule has 13 aromatic rings. The van der Waals surface area contributed by atoms with Gasteiger partial charge in [0.15, 0.2) is 17.5 Å². The summed E-state index contributed by atoms with van der Waals surface area (Å²) < 4.78 is 13.2. The summed E-state index contributed by atoms with van der Waals surface area (Å²) in [5.41, 5.74) is 7.98. The van der Waals surface area contributed by atoms with Gasteiger partial charge >= 0.3 is 0 Å². The average Bonchev–Trinajstić information content (AvgIpc) is 3.90. The Hall–Kier alpha value is -8.15. The van der Waals surface area contributed by atoms with Crippen LogP contribution in [0.2, 0.25) is 0 Å². The Labute approximate surface area is 342 Å². The monoisotopic (exact) mass is 765 g/mol. The smallest absolute Gasteiger partial charge is 0.164 e. The number of fused-ring (bicyclic) bond motifs is 13. The van der Waals surface area contributed by atoms with E-state index in [1.165, 1.54) is 32.3 Å². The van der Waals surface area contributed by atoms with Crippen molar-refractivity contribution in [1.29, 1.82) is 0 Å². The fraction of sp³-hybridized carbons (Fsp3) is 0. The first-order valence-electron chi connectivity index (χ1n) is 20.2. The van der Waals surface area contributed by atoms with Crippen molar-refractivity contribution < 1.29 is 8.83 Å². The van der Waals surface area contributed by atoms with Crippen LogP contribution in [0.15, 0.2) is 197 Å². The summed E-state index contributed by atoms with van der Waals surface area (Å²) in [7, 11) is 0. The summed E-state index contributed by atoms with van der Waals surface area (Å²) in [5, 5.41) is 13.7. The van der Waals surface area contributed by atoms with Gasteiger partial charge in [0, 0.05) is 43.8 Å². The van der Waals surface area contributed by atoms with Crippen molar-refractivity contribution >= 4 is 87.0 Å². The lowest BCUT2D eigenvalue weighted by atomic mass is 9.91. The highest BCUT2D eigenvalue weighted by molar-refractivity contribution is 6.26. The quantitative estimate of drug-likeness (QED) is 0.167. The third-order valence-corrected chi connectivity index (χ3v) is 12.1. The topological polar surface area (TPSA) is 65.0 Å². The molecule has 0 aliphatic carbocycles. The minimum absolute atomic E-state index is 0.565. The normalized spacial score (nSPS) is 12.0. The molecule has 0 bridgehead atoms. The van der Waals surface area contributed by atoms with E-state index in [1.54, 1.807) is 0 Å². The molecule has 5 heteroatoms. The third-order valence-electron chi connectivity index (χ3n) is 12.1. The number of para-hydroxylation sites is 2. The van der Waals surface area contributed by atoms with Gasteiger partial charge in [-0.25, -0.2) is 15.0 Å². The zero-order valence-corrected chi connectivity index (χ0v) is 32.1. The van der Waals surface area contributed by atoms with Gasteiger partial charge < -0.3 is 8.83 Å². The van der Waals surface area contributed by atoms with Gasteiger partial charge in [-0.2, -0.15) is 0 Å². The Morgan fingerprint density at radius 2 is 0.783 bits per heavy atom. The van der Waals surface area contributed by atoms with E-state index in [0.717, 1.165) is 82.5 Å². The highest BCUT2D eigenvalue weighted by atomic mass is 16.3. The van der Waals surface area contributed by atoms with E-state index >= 15 is 0 Å². The van der Waals surface area contributed by atoms with Crippen molar-refractivity contribution in [3.63, 3.8) is 0 Å². The number of benzene rings is 10. The van der Waals surface area contributed by atoms with Crippen LogP contribution >= 0.6 is 0 Å². The molecule has 0 N–H and O–H groups in total. The molecule has 0 aliphatic rings. The van der Waals surface area contributed by atoms with E-state index in [9.17, 15) is 0 Å². The van der Waals surface area contributed by atoms with E-state index in [4.69, 9.17) is 23.8 Å². The maximum Gasteiger partial charge on any atom is 0.164 e. The van der Waals surface area contributed by atoms with Gasteiger partial charge in [-0.3, -0.25) is 0 Å². The molecule has 3 aromatic heterocycles. The maximum absolute atomic E-state index is 6.86. The minimum Gasteiger partial charge on any atom is -0.456 e. The van der Waals surface area contributed by atoms with Gasteiger partial charge in [-0.05, 0) is 79.0 Å². The SMILES string of the molecule is c1ccc2cc(-c3nc(-c4cccc5oc6ccccc6c45)nc(-c4cccc5oc6c(-c7ccc8c9ccccc9c9ccccc9c8c7)cccc6c45)n3)ccc2c1. The van der Waals surface area contributed by atoms with Crippen molar-refractivity contribution in [1.82, 2.24) is 15.0 Å². The van der Waals surface area contributed by atoms with E-state index in [-0.39, 0.29) is 0 Å².